The molecule has 0 aromatic heterocycles. The van der Waals surface area contributed by atoms with Gasteiger partial charge >= 0.3 is 0 Å². The zero-order valence-corrected chi connectivity index (χ0v) is 18.4. The molecule has 1 N–H and O–H groups in total. The Morgan fingerprint density at radius 3 is 1.22 bits per heavy atom. The molecule has 0 aromatic carbocycles. The monoisotopic (exact) mass is 320 g/mol. The Kier molecular flexibility index (Phi) is 5.93. The zero-order valence-electron chi connectivity index (χ0n) is 14.4. The van der Waals surface area contributed by atoms with Crippen molar-refractivity contribution in [1.82, 2.24) is 0 Å². The number of hydrogen-bond donors (Lipinski definition) is 1. The minimum Gasteiger partial charge on any atom is -0.440 e. The van der Waals surface area contributed by atoms with Gasteiger partial charge in [-0.2, -0.15) is 0 Å². The molecule has 0 aliphatic rings. The summed E-state index contributed by atoms with van der Waals surface area (Å²) in [4.78, 5) is 12.1. The first kappa shape index (κ1) is 18.8. The van der Waals surface area contributed by atoms with Gasteiger partial charge < -0.3 is 4.80 Å². The van der Waals surface area contributed by atoms with E-state index in [1.165, 1.54) is 12.1 Å². The van der Waals surface area contributed by atoms with Crippen LogP contribution in [0.4, 0.5) is 0 Å². The Bertz CT molecular complexity index is 269. The van der Waals surface area contributed by atoms with Crippen LogP contribution in [0.5, 0.6) is 0 Å². The van der Waals surface area contributed by atoms with Crippen molar-refractivity contribution in [2.45, 2.75) is 84.6 Å². The molecule has 1 nitrogen and oxygen atoms in total. The van der Waals surface area contributed by atoms with Crippen LogP contribution in [-0.2, 0) is 0 Å². The second-order valence-electron chi connectivity index (χ2n) is 8.06. The van der Waals surface area contributed by atoms with Crippen molar-refractivity contribution in [3.8, 4) is 0 Å². The zero-order chi connectivity index (χ0) is 15.0. The van der Waals surface area contributed by atoms with Crippen molar-refractivity contribution in [3.63, 3.8) is 0 Å². The molecule has 0 atom stereocenters. The Balaban J connectivity index is 6.05. The highest BCUT2D eigenvalue weighted by Crippen LogP contribution is 2.42. The molecule has 0 saturated heterocycles. The first-order valence-corrected chi connectivity index (χ1v) is 22.0. The lowest BCUT2D eigenvalue weighted by Gasteiger charge is -2.57. The van der Waals surface area contributed by atoms with E-state index in [4.69, 9.17) is 0 Å². The fourth-order valence-corrected chi connectivity index (χ4v) is 91.8. The molecule has 110 valence electrons. The van der Waals surface area contributed by atoms with E-state index in [0.717, 1.165) is 0 Å². The van der Waals surface area contributed by atoms with Gasteiger partial charge in [0.1, 0.15) is 0 Å². The predicted octanol–water partition coefficient (Wildman–Crippen LogP) is 4.73. The molecule has 0 fully saturated rings. The Morgan fingerprint density at radius 2 is 1.06 bits per heavy atom. The molecule has 0 unspecified atom stereocenters. The molecule has 0 rings (SSSR count). The molecule has 0 aliphatic carbocycles. The third kappa shape index (κ3) is 2.66. The van der Waals surface area contributed by atoms with Gasteiger partial charge in [0.15, 0.2) is 6.87 Å². The SMILES string of the molecule is CC[Si](C)(C)[Si](O)([Si](C)(C)CC)[Si](C)(C)C(C)C. The van der Waals surface area contributed by atoms with Gasteiger partial charge in [-0.15, -0.1) is 0 Å². The summed E-state index contributed by atoms with van der Waals surface area (Å²) in [6, 6.07) is 2.52. The summed E-state index contributed by atoms with van der Waals surface area (Å²) in [5.74, 6) is 0. The van der Waals surface area contributed by atoms with Crippen LogP contribution in [0.1, 0.15) is 27.7 Å². The maximum atomic E-state index is 12.1. The van der Waals surface area contributed by atoms with E-state index in [0.29, 0.717) is 5.54 Å². The fourth-order valence-electron chi connectivity index (χ4n) is 3.59. The van der Waals surface area contributed by atoms with Gasteiger partial charge in [0.25, 0.3) is 0 Å². The van der Waals surface area contributed by atoms with Crippen molar-refractivity contribution in [2.75, 3.05) is 0 Å². The lowest BCUT2D eigenvalue weighted by atomic mass is 10.6. The summed E-state index contributed by atoms with van der Waals surface area (Å²) in [6.07, 6.45) is 0. The minimum absolute atomic E-state index is 0.714. The minimum atomic E-state index is -2.08. The molecular weight excluding hydrogens is 284 g/mol. The molecule has 18 heavy (non-hydrogen) atoms. The molecule has 5 heteroatoms. The van der Waals surface area contributed by atoms with E-state index in [1.54, 1.807) is 0 Å². The van der Waals surface area contributed by atoms with E-state index >= 15 is 0 Å². The second kappa shape index (κ2) is 5.67. The van der Waals surface area contributed by atoms with Crippen LogP contribution in [0.25, 0.3) is 0 Å². The lowest BCUT2D eigenvalue weighted by Crippen LogP contribution is -2.85. The molecular formula is C13H36OSi4. The van der Waals surface area contributed by atoms with Gasteiger partial charge in [0.2, 0.25) is 0 Å². The first-order chi connectivity index (χ1) is 7.81. The average molecular weight is 321 g/mol. The Morgan fingerprint density at radius 1 is 0.778 bits per heavy atom. The lowest BCUT2D eigenvalue weighted by molar-refractivity contribution is 0.591. The summed E-state index contributed by atoms with van der Waals surface area (Å²) in [6.45, 7) is 22.3. The highest BCUT2D eigenvalue weighted by Gasteiger charge is 2.65. The summed E-state index contributed by atoms with van der Waals surface area (Å²) < 4.78 is 0. The maximum absolute atomic E-state index is 12.1. The van der Waals surface area contributed by atoms with Gasteiger partial charge in [-0.3, -0.25) is 0 Å². The van der Waals surface area contributed by atoms with Crippen LogP contribution >= 0.6 is 0 Å². The van der Waals surface area contributed by atoms with Crippen molar-refractivity contribution >= 4 is 29.6 Å². The summed E-state index contributed by atoms with van der Waals surface area (Å²) in [5.41, 5.74) is 0.714. The summed E-state index contributed by atoms with van der Waals surface area (Å²) >= 11 is 0. The molecule has 0 aromatic rings. The molecule has 0 bridgehead atoms. The molecule has 0 spiro atoms. The largest absolute Gasteiger partial charge is 0.440 e. The molecule has 0 radical (unpaired) electrons. The maximum Gasteiger partial charge on any atom is 0.154 e. The first-order valence-electron chi connectivity index (χ1n) is 7.54. The van der Waals surface area contributed by atoms with Crippen molar-refractivity contribution < 1.29 is 4.80 Å². The van der Waals surface area contributed by atoms with Crippen LogP contribution in [0.15, 0.2) is 0 Å². The van der Waals surface area contributed by atoms with E-state index in [-0.39, 0.29) is 0 Å². The van der Waals surface area contributed by atoms with Crippen molar-refractivity contribution in [3.05, 3.63) is 0 Å². The standard InChI is InChI=1S/C13H36OSi4/c1-11-15(5,6)18(14,16(7,8)12-2)17(9,10)13(3)4/h13-14H,11-12H2,1-10H3. The summed E-state index contributed by atoms with van der Waals surface area (Å²) in [5, 5.41) is 0. The van der Waals surface area contributed by atoms with E-state index in [9.17, 15) is 4.80 Å². The number of hydrogen-bond acceptors (Lipinski definition) is 1. The Labute approximate surface area is 119 Å². The van der Waals surface area contributed by atoms with Gasteiger partial charge in [0.05, 0.1) is 22.8 Å². The third-order valence-electron chi connectivity index (χ3n) is 6.10. The van der Waals surface area contributed by atoms with Crippen LogP contribution < -0.4 is 0 Å². The summed E-state index contributed by atoms with van der Waals surface area (Å²) in [7, 11) is -4.46. The smallest absolute Gasteiger partial charge is 0.154 e. The van der Waals surface area contributed by atoms with Gasteiger partial charge in [-0.1, -0.05) is 84.6 Å². The van der Waals surface area contributed by atoms with Crippen LogP contribution in [-0.4, -0.2) is 34.4 Å². The van der Waals surface area contributed by atoms with E-state index in [2.05, 4.69) is 67.0 Å². The van der Waals surface area contributed by atoms with Crippen LogP contribution in [0.2, 0.25) is 56.9 Å². The van der Waals surface area contributed by atoms with Gasteiger partial charge in [-0.25, -0.2) is 0 Å². The normalized spacial score (nSPS) is 15.3. The average Bonchev–Trinajstić information content (AvgIpc) is 2.26. The predicted molar refractivity (Wildman–Crippen MR) is 96.5 cm³/mol. The second-order valence-corrected chi connectivity index (χ2v) is 46.0. The van der Waals surface area contributed by atoms with Crippen LogP contribution in [0, 0.1) is 0 Å². The number of rotatable bonds is 6. The van der Waals surface area contributed by atoms with Crippen molar-refractivity contribution in [2.24, 2.45) is 0 Å². The van der Waals surface area contributed by atoms with Gasteiger partial charge in [0, 0.05) is 0 Å². The highest BCUT2D eigenvalue weighted by molar-refractivity contribution is 7.87. The Hall–Kier alpha value is 0.828. The molecule has 0 saturated carbocycles. The highest BCUT2D eigenvalue weighted by atomic mass is 29.9. The van der Waals surface area contributed by atoms with Crippen LogP contribution in [0.3, 0.4) is 0 Å². The molecule has 0 aliphatic heterocycles. The quantitative estimate of drug-likeness (QED) is 0.701. The van der Waals surface area contributed by atoms with Crippen molar-refractivity contribution in [1.29, 1.82) is 0 Å². The fraction of sp³-hybridized carbons (Fsp3) is 1.00. The molecule has 0 amide bonds. The van der Waals surface area contributed by atoms with Gasteiger partial charge in [-0.05, 0) is 0 Å². The topological polar surface area (TPSA) is 20.2 Å². The molecule has 0 heterocycles. The third-order valence-corrected chi connectivity index (χ3v) is 75.5. The van der Waals surface area contributed by atoms with E-state index in [1.807, 2.05) is 0 Å². The van der Waals surface area contributed by atoms with E-state index < -0.39 is 29.6 Å².